The molecule has 0 atom stereocenters. The van der Waals surface area contributed by atoms with Gasteiger partial charge in [0, 0.05) is 5.39 Å². The zero-order valence-electron chi connectivity index (χ0n) is 9.19. The van der Waals surface area contributed by atoms with Crippen LogP contribution in [0.4, 0.5) is 0 Å². The zero-order chi connectivity index (χ0) is 10.8. The lowest BCUT2D eigenvalue weighted by atomic mass is 10.0. The molecule has 0 unspecified atom stereocenters. The van der Waals surface area contributed by atoms with Gasteiger partial charge in [0.25, 0.3) is 0 Å². The number of hydrogen-bond donors (Lipinski definition) is 0. The number of benzene rings is 1. The first-order valence-electron chi connectivity index (χ1n) is 5.01. The highest BCUT2D eigenvalue weighted by Gasteiger charge is 2.07. The van der Waals surface area contributed by atoms with E-state index in [0.717, 1.165) is 16.7 Å². The molecule has 0 radical (unpaired) electrons. The molecule has 15 heavy (non-hydrogen) atoms. The quantitative estimate of drug-likeness (QED) is 0.751. The molecule has 0 fully saturated rings. The van der Waals surface area contributed by atoms with Gasteiger partial charge in [-0.15, -0.1) is 5.10 Å². The Morgan fingerprint density at radius 1 is 1.27 bits per heavy atom. The molecule has 1 heterocycles. The van der Waals surface area contributed by atoms with Crippen molar-refractivity contribution in [1.82, 2.24) is 10.2 Å². The van der Waals surface area contributed by atoms with E-state index in [1.807, 2.05) is 12.1 Å². The van der Waals surface area contributed by atoms with E-state index in [1.165, 1.54) is 5.56 Å². The molecule has 0 saturated carbocycles. The van der Waals surface area contributed by atoms with Gasteiger partial charge in [0.1, 0.15) is 11.3 Å². The van der Waals surface area contributed by atoms with E-state index in [9.17, 15) is 0 Å². The third-order valence-electron chi connectivity index (χ3n) is 2.49. The van der Waals surface area contributed by atoms with Crippen molar-refractivity contribution in [3.63, 3.8) is 0 Å². The molecule has 0 aliphatic rings. The van der Waals surface area contributed by atoms with Crippen molar-refractivity contribution < 1.29 is 4.74 Å². The van der Waals surface area contributed by atoms with Crippen molar-refractivity contribution in [1.29, 1.82) is 0 Å². The van der Waals surface area contributed by atoms with Crippen LogP contribution in [-0.2, 0) is 0 Å². The average Bonchev–Trinajstić information content (AvgIpc) is 2.27. The molecule has 0 spiro atoms. The minimum absolute atomic E-state index is 0.483. The molecule has 78 valence electrons. The van der Waals surface area contributed by atoms with Gasteiger partial charge in [-0.2, -0.15) is 5.10 Å². The predicted octanol–water partition coefficient (Wildman–Crippen LogP) is 2.76. The molecule has 0 N–H and O–H groups in total. The highest BCUT2D eigenvalue weighted by Crippen LogP contribution is 2.28. The van der Waals surface area contributed by atoms with E-state index in [2.05, 4.69) is 30.1 Å². The van der Waals surface area contributed by atoms with Crippen molar-refractivity contribution >= 4 is 10.9 Å². The van der Waals surface area contributed by atoms with Crippen molar-refractivity contribution in [2.75, 3.05) is 7.11 Å². The number of rotatable bonds is 2. The lowest BCUT2D eigenvalue weighted by molar-refractivity contribution is 0.418. The lowest BCUT2D eigenvalue weighted by Gasteiger charge is -2.10. The van der Waals surface area contributed by atoms with E-state index >= 15 is 0 Å². The third-order valence-corrected chi connectivity index (χ3v) is 2.49. The number of nitrogens with zero attached hydrogens (tertiary/aromatic N) is 2. The molecule has 0 amide bonds. The fraction of sp³-hybridized carbons (Fsp3) is 0.333. The van der Waals surface area contributed by atoms with Gasteiger partial charge in [0.15, 0.2) is 0 Å². The Bertz CT molecular complexity index is 480. The molecule has 0 bridgehead atoms. The summed E-state index contributed by atoms with van der Waals surface area (Å²) in [6, 6.07) is 6.12. The number of fused-ring (bicyclic) bond motifs is 1. The van der Waals surface area contributed by atoms with Crippen LogP contribution in [0, 0.1) is 0 Å². The van der Waals surface area contributed by atoms with Gasteiger partial charge in [0.05, 0.1) is 13.3 Å². The van der Waals surface area contributed by atoms with Crippen molar-refractivity contribution in [2.24, 2.45) is 0 Å². The van der Waals surface area contributed by atoms with Gasteiger partial charge in [-0.25, -0.2) is 0 Å². The molecule has 0 aliphatic heterocycles. The van der Waals surface area contributed by atoms with Gasteiger partial charge in [-0.1, -0.05) is 13.8 Å². The van der Waals surface area contributed by atoms with Gasteiger partial charge >= 0.3 is 0 Å². The van der Waals surface area contributed by atoms with E-state index < -0.39 is 0 Å². The highest BCUT2D eigenvalue weighted by atomic mass is 16.5. The number of hydrogen-bond acceptors (Lipinski definition) is 3. The van der Waals surface area contributed by atoms with Crippen molar-refractivity contribution in [3.05, 3.63) is 30.0 Å². The van der Waals surface area contributed by atoms with Gasteiger partial charge in [-0.3, -0.25) is 0 Å². The van der Waals surface area contributed by atoms with E-state index in [0.29, 0.717) is 5.92 Å². The van der Waals surface area contributed by atoms with Gasteiger partial charge in [-0.05, 0) is 29.7 Å². The largest absolute Gasteiger partial charge is 0.494 e. The van der Waals surface area contributed by atoms with Crippen LogP contribution < -0.4 is 4.74 Å². The molecular weight excluding hydrogens is 188 g/mol. The minimum Gasteiger partial charge on any atom is -0.494 e. The third kappa shape index (κ3) is 1.77. The summed E-state index contributed by atoms with van der Waals surface area (Å²) >= 11 is 0. The van der Waals surface area contributed by atoms with Crippen LogP contribution in [0.1, 0.15) is 25.3 Å². The van der Waals surface area contributed by atoms with Crippen molar-refractivity contribution in [3.8, 4) is 5.75 Å². The van der Waals surface area contributed by atoms with Crippen molar-refractivity contribution in [2.45, 2.75) is 19.8 Å². The summed E-state index contributed by atoms with van der Waals surface area (Å²) in [6.07, 6.45) is 1.70. The summed E-state index contributed by atoms with van der Waals surface area (Å²) in [6.45, 7) is 4.32. The zero-order valence-corrected chi connectivity index (χ0v) is 9.19. The summed E-state index contributed by atoms with van der Waals surface area (Å²) in [7, 11) is 1.66. The average molecular weight is 202 g/mol. The maximum absolute atomic E-state index is 5.32. The Hall–Kier alpha value is -1.64. The summed E-state index contributed by atoms with van der Waals surface area (Å²) in [5.74, 6) is 1.28. The van der Waals surface area contributed by atoms with E-state index in [-0.39, 0.29) is 0 Å². The predicted molar refractivity (Wildman–Crippen MR) is 60.2 cm³/mol. The Labute approximate surface area is 89.1 Å². The minimum atomic E-state index is 0.483. The van der Waals surface area contributed by atoms with Crippen LogP contribution in [-0.4, -0.2) is 17.3 Å². The Balaban J connectivity index is 2.71. The number of methoxy groups -OCH3 is 1. The van der Waals surface area contributed by atoms with E-state index in [1.54, 1.807) is 13.3 Å². The van der Waals surface area contributed by atoms with Crippen LogP contribution in [0.25, 0.3) is 10.9 Å². The SMILES string of the molecule is COc1cc(C(C)C)cc2ccnnc12. The first-order valence-corrected chi connectivity index (χ1v) is 5.01. The fourth-order valence-electron chi connectivity index (χ4n) is 1.58. The maximum Gasteiger partial charge on any atom is 0.147 e. The molecule has 1 aromatic heterocycles. The Kier molecular flexibility index (Phi) is 2.54. The topological polar surface area (TPSA) is 35.0 Å². The maximum atomic E-state index is 5.32. The molecule has 2 aromatic rings. The van der Waals surface area contributed by atoms with Crippen LogP contribution in [0.5, 0.6) is 5.75 Å². The highest BCUT2D eigenvalue weighted by molar-refractivity contribution is 5.84. The lowest BCUT2D eigenvalue weighted by Crippen LogP contribution is -1.94. The number of ether oxygens (including phenoxy) is 1. The Morgan fingerprint density at radius 2 is 2.07 bits per heavy atom. The smallest absolute Gasteiger partial charge is 0.147 e. The number of aromatic nitrogens is 2. The first kappa shape index (κ1) is 9.90. The van der Waals surface area contributed by atoms with Crippen LogP contribution in [0.15, 0.2) is 24.4 Å². The molecule has 3 nitrogen and oxygen atoms in total. The van der Waals surface area contributed by atoms with Crippen LogP contribution in [0.2, 0.25) is 0 Å². The molecule has 2 rings (SSSR count). The molecular formula is C12H14N2O. The summed E-state index contributed by atoms with van der Waals surface area (Å²) in [4.78, 5) is 0. The van der Waals surface area contributed by atoms with Gasteiger partial charge in [0.2, 0.25) is 0 Å². The molecule has 0 saturated heterocycles. The normalized spacial score (nSPS) is 10.9. The van der Waals surface area contributed by atoms with Gasteiger partial charge < -0.3 is 4.74 Å². The first-order chi connectivity index (χ1) is 7.22. The Morgan fingerprint density at radius 3 is 2.73 bits per heavy atom. The summed E-state index contributed by atoms with van der Waals surface area (Å²) in [5, 5.41) is 9.02. The second-order valence-electron chi connectivity index (χ2n) is 3.85. The monoisotopic (exact) mass is 202 g/mol. The standard InChI is InChI=1S/C12H14N2O/c1-8(2)10-6-9-4-5-13-14-12(9)11(7-10)15-3/h4-8H,1-3H3. The molecule has 1 aromatic carbocycles. The second-order valence-corrected chi connectivity index (χ2v) is 3.85. The van der Waals surface area contributed by atoms with Crippen LogP contribution in [0.3, 0.4) is 0 Å². The molecule has 0 aliphatic carbocycles. The fourth-order valence-corrected chi connectivity index (χ4v) is 1.58. The summed E-state index contributed by atoms with van der Waals surface area (Å²) in [5.41, 5.74) is 2.08. The second kappa shape index (κ2) is 3.85. The van der Waals surface area contributed by atoms with E-state index in [4.69, 9.17) is 4.74 Å². The van der Waals surface area contributed by atoms with Crippen LogP contribution >= 0.6 is 0 Å². The molecule has 3 heteroatoms. The summed E-state index contributed by atoms with van der Waals surface area (Å²) < 4.78 is 5.32.